The van der Waals surface area contributed by atoms with Gasteiger partial charge in [-0.2, -0.15) is 11.8 Å². The molecule has 0 saturated carbocycles. The number of hydrogen-bond donors (Lipinski definition) is 0. The monoisotopic (exact) mass is 400 g/mol. The van der Waals surface area contributed by atoms with Crippen molar-refractivity contribution in [1.29, 1.82) is 0 Å². The van der Waals surface area contributed by atoms with Crippen molar-refractivity contribution in [1.82, 2.24) is 9.55 Å². The molecule has 2 aliphatic heterocycles. The van der Waals surface area contributed by atoms with Gasteiger partial charge in [0, 0.05) is 52.9 Å². The van der Waals surface area contributed by atoms with Gasteiger partial charge in [-0.1, -0.05) is 30.3 Å². The van der Waals surface area contributed by atoms with Crippen LogP contribution < -0.4 is 4.90 Å². The predicted octanol–water partition coefficient (Wildman–Crippen LogP) is 5.03. The molecular formula is C24H24N4S. The number of rotatable bonds is 4. The van der Waals surface area contributed by atoms with E-state index in [4.69, 9.17) is 4.99 Å². The summed E-state index contributed by atoms with van der Waals surface area (Å²) in [6.45, 7) is 2.73. The van der Waals surface area contributed by atoms with E-state index in [-0.39, 0.29) is 0 Å². The minimum atomic E-state index is 0.703. The molecular weight excluding hydrogens is 376 g/mol. The Hall–Kier alpha value is -2.79. The van der Waals surface area contributed by atoms with Gasteiger partial charge in [-0.3, -0.25) is 4.99 Å². The third kappa shape index (κ3) is 3.62. The van der Waals surface area contributed by atoms with Crippen LogP contribution in [0.4, 0.5) is 5.69 Å². The summed E-state index contributed by atoms with van der Waals surface area (Å²) in [7, 11) is 0. The highest BCUT2D eigenvalue weighted by atomic mass is 32.2. The van der Waals surface area contributed by atoms with Gasteiger partial charge in [0.25, 0.3) is 0 Å². The summed E-state index contributed by atoms with van der Waals surface area (Å²) in [6.07, 6.45) is 5.88. The summed E-state index contributed by atoms with van der Waals surface area (Å²) < 4.78 is 2.11. The van der Waals surface area contributed by atoms with Crippen LogP contribution in [-0.2, 0) is 6.42 Å². The second-order valence-electron chi connectivity index (χ2n) is 7.43. The van der Waals surface area contributed by atoms with Crippen LogP contribution in [-0.4, -0.2) is 33.4 Å². The lowest BCUT2D eigenvalue weighted by Gasteiger charge is -2.35. The van der Waals surface area contributed by atoms with Crippen LogP contribution in [0.2, 0.25) is 0 Å². The molecule has 5 heteroatoms. The van der Waals surface area contributed by atoms with E-state index in [1.807, 2.05) is 31.1 Å². The van der Waals surface area contributed by atoms with Crippen LogP contribution >= 0.6 is 11.8 Å². The van der Waals surface area contributed by atoms with E-state index >= 15 is 0 Å². The molecule has 1 aromatic heterocycles. The largest absolute Gasteiger partial charge is 0.325 e. The van der Waals surface area contributed by atoms with Gasteiger partial charge in [0.05, 0.1) is 0 Å². The Morgan fingerprint density at radius 3 is 2.55 bits per heavy atom. The molecule has 5 rings (SSSR count). The summed E-state index contributed by atoms with van der Waals surface area (Å²) in [5, 5.41) is 0. The summed E-state index contributed by atoms with van der Waals surface area (Å²) in [5.41, 5.74) is 7.85. The van der Waals surface area contributed by atoms with Crippen LogP contribution in [0.3, 0.4) is 0 Å². The van der Waals surface area contributed by atoms with E-state index in [0.29, 0.717) is 6.67 Å². The minimum Gasteiger partial charge on any atom is -0.325 e. The summed E-state index contributed by atoms with van der Waals surface area (Å²) in [5.74, 6) is 3.24. The Morgan fingerprint density at radius 1 is 1.00 bits per heavy atom. The number of imidazole rings is 1. The van der Waals surface area contributed by atoms with Gasteiger partial charge in [-0.25, -0.2) is 4.98 Å². The lowest BCUT2D eigenvalue weighted by atomic mass is 9.98. The van der Waals surface area contributed by atoms with Crippen molar-refractivity contribution in [2.75, 3.05) is 23.1 Å². The normalized spacial score (nSPS) is 16.6. The quantitative estimate of drug-likeness (QED) is 0.616. The Kier molecular flexibility index (Phi) is 4.98. The predicted molar refractivity (Wildman–Crippen MR) is 122 cm³/mol. The van der Waals surface area contributed by atoms with Crippen molar-refractivity contribution in [3.8, 4) is 5.69 Å². The average Bonchev–Trinajstić information content (AvgIpc) is 3.21. The van der Waals surface area contributed by atoms with E-state index in [1.165, 1.54) is 34.0 Å². The molecule has 4 nitrogen and oxygen atoms in total. The van der Waals surface area contributed by atoms with Gasteiger partial charge in [0.1, 0.15) is 12.5 Å². The number of aromatic nitrogens is 2. The van der Waals surface area contributed by atoms with E-state index < -0.39 is 0 Å². The molecule has 0 radical (unpaired) electrons. The molecule has 3 aromatic rings. The molecule has 29 heavy (non-hydrogen) atoms. The fraction of sp³-hybridized carbons (Fsp3) is 0.250. The van der Waals surface area contributed by atoms with Crippen molar-refractivity contribution in [2.45, 2.75) is 19.8 Å². The number of aryl methyl sites for hydroxylation is 1. The fourth-order valence-corrected chi connectivity index (χ4v) is 5.11. The van der Waals surface area contributed by atoms with E-state index in [2.05, 4.69) is 69.0 Å². The molecule has 0 amide bonds. The second-order valence-corrected chi connectivity index (χ2v) is 8.53. The maximum atomic E-state index is 5.01. The van der Waals surface area contributed by atoms with Crippen molar-refractivity contribution >= 4 is 23.2 Å². The summed E-state index contributed by atoms with van der Waals surface area (Å²) in [4.78, 5) is 11.7. The molecule has 146 valence electrons. The fourth-order valence-electron chi connectivity index (χ4n) is 4.10. The Labute approximate surface area is 176 Å². The van der Waals surface area contributed by atoms with Crippen molar-refractivity contribution in [3.05, 3.63) is 89.6 Å². The maximum Gasteiger partial charge on any atom is 0.114 e. The molecule has 0 unspecified atom stereocenters. The number of anilines is 1. The Balaban J connectivity index is 1.43. The summed E-state index contributed by atoms with van der Waals surface area (Å²) in [6, 6.07) is 19.4. The zero-order chi connectivity index (χ0) is 19.6. The first-order chi connectivity index (χ1) is 14.3. The van der Waals surface area contributed by atoms with Gasteiger partial charge in [0.15, 0.2) is 0 Å². The SMILES string of the molecule is Cc1nccn1-c1ccc(N2CN=C(Cc3ccccc3)C3=C2CCSC3)cc1. The molecule has 0 bridgehead atoms. The smallest absolute Gasteiger partial charge is 0.114 e. The molecule has 0 aliphatic carbocycles. The van der Waals surface area contributed by atoms with E-state index in [9.17, 15) is 0 Å². The first-order valence-corrected chi connectivity index (χ1v) is 11.2. The second kappa shape index (κ2) is 7.91. The van der Waals surface area contributed by atoms with Crippen molar-refractivity contribution in [3.63, 3.8) is 0 Å². The standard InChI is InChI=1S/C24H24N4S/c1-18-25-12-13-27(18)20-7-9-21(10-8-20)28-17-26-23(15-19-5-3-2-4-6-19)22-16-29-14-11-24(22)28/h2-10,12-13H,11,14-17H2,1H3. The first-order valence-electron chi connectivity index (χ1n) is 10.0. The van der Waals surface area contributed by atoms with Gasteiger partial charge in [-0.05, 0) is 48.9 Å². The minimum absolute atomic E-state index is 0.703. The van der Waals surface area contributed by atoms with Gasteiger partial charge in [0.2, 0.25) is 0 Å². The third-order valence-corrected chi connectivity index (χ3v) is 6.62. The summed E-state index contributed by atoms with van der Waals surface area (Å²) >= 11 is 2.02. The lowest BCUT2D eigenvalue weighted by molar-refractivity contribution is 0.839. The Morgan fingerprint density at radius 2 is 1.79 bits per heavy atom. The van der Waals surface area contributed by atoms with Crippen LogP contribution in [0.15, 0.2) is 83.3 Å². The van der Waals surface area contributed by atoms with Crippen LogP contribution in [0, 0.1) is 6.92 Å². The Bertz CT molecular complexity index is 1060. The van der Waals surface area contributed by atoms with Gasteiger partial charge >= 0.3 is 0 Å². The molecule has 0 atom stereocenters. The van der Waals surface area contributed by atoms with Gasteiger partial charge < -0.3 is 9.47 Å². The van der Waals surface area contributed by atoms with Crippen molar-refractivity contribution in [2.24, 2.45) is 4.99 Å². The molecule has 3 heterocycles. The van der Waals surface area contributed by atoms with Crippen LogP contribution in [0.25, 0.3) is 5.69 Å². The molecule has 2 aromatic carbocycles. The molecule has 0 spiro atoms. The molecule has 0 fully saturated rings. The maximum absolute atomic E-state index is 5.01. The molecule has 0 N–H and O–H groups in total. The number of benzene rings is 2. The highest BCUT2D eigenvalue weighted by molar-refractivity contribution is 7.99. The number of aliphatic imine (C=N–C) groups is 1. The number of nitrogens with zero attached hydrogens (tertiary/aromatic N) is 4. The number of hydrogen-bond acceptors (Lipinski definition) is 4. The van der Waals surface area contributed by atoms with E-state index in [0.717, 1.165) is 30.1 Å². The molecule has 2 aliphatic rings. The highest BCUT2D eigenvalue weighted by Gasteiger charge is 2.26. The molecule has 0 saturated heterocycles. The average molecular weight is 401 g/mol. The third-order valence-electron chi connectivity index (χ3n) is 5.63. The van der Waals surface area contributed by atoms with Crippen LogP contribution in [0.5, 0.6) is 0 Å². The van der Waals surface area contributed by atoms with E-state index in [1.54, 1.807) is 0 Å². The zero-order valence-corrected chi connectivity index (χ0v) is 17.4. The van der Waals surface area contributed by atoms with Gasteiger partial charge in [-0.15, -0.1) is 0 Å². The number of allylic oxidation sites excluding steroid dienone is 1. The highest BCUT2D eigenvalue weighted by Crippen LogP contribution is 2.34. The zero-order valence-electron chi connectivity index (χ0n) is 16.6. The first kappa shape index (κ1) is 18.3. The van der Waals surface area contributed by atoms with Crippen molar-refractivity contribution < 1.29 is 0 Å². The van der Waals surface area contributed by atoms with Crippen LogP contribution in [0.1, 0.15) is 17.8 Å². The number of thioether (sulfide) groups is 1. The lowest BCUT2D eigenvalue weighted by Crippen LogP contribution is -2.34. The topological polar surface area (TPSA) is 33.4 Å².